The van der Waals surface area contributed by atoms with Crippen LogP contribution >= 0.6 is 0 Å². The van der Waals surface area contributed by atoms with Gasteiger partial charge in [-0.05, 0) is 32.3 Å². The third-order valence-corrected chi connectivity index (χ3v) is 2.32. The highest BCUT2D eigenvalue weighted by atomic mass is 16.3. The van der Waals surface area contributed by atoms with Gasteiger partial charge in [-0.25, -0.2) is 0 Å². The topological polar surface area (TPSA) is 46.2 Å². The first-order valence-corrected chi connectivity index (χ1v) is 5.07. The van der Waals surface area contributed by atoms with Gasteiger partial charge in [0, 0.05) is 6.54 Å². The second-order valence-corrected chi connectivity index (χ2v) is 3.92. The molecule has 0 fully saturated rings. The van der Waals surface area contributed by atoms with E-state index in [-0.39, 0.29) is 6.10 Å². The van der Waals surface area contributed by atoms with Crippen LogP contribution in [0.15, 0.2) is 18.2 Å². The number of hydrogen-bond donors (Lipinski definition) is 2. The Hall–Kier alpha value is -0.860. The molecule has 0 spiro atoms. The summed E-state index contributed by atoms with van der Waals surface area (Å²) in [4.78, 5) is 0. The van der Waals surface area contributed by atoms with Crippen molar-refractivity contribution in [2.24, 2.45) is 5.73 Å². The molecule has 0 saturated carbocycles. The molecule has 0 radical (unpaired) electrons. The van der Waals surface area contributed by atoms with Crippen LogP contribution in [-0.4, -0.2) is 17.8 Å². The summed E-state index contributed by atoms with van der Waals surface area (Å²) in [7, 11) is 0. The first-order chi connectivity index (χ1) is 6.61. The van der Waals surface area contributed by atoms with Crippen LogP contribution in [0.2, 0.25) is 0 Å². The van der Waals surface area contributed by atoms with Crippen molar-refractivity contribution >= 4 is 0 Å². The molecule has 0 amide bonds. The van der Waals surface area contributed by atoms with Crippen molar-refractivity contribution in [1.82, 2.24) is 0 Å². The summed E-state index contributed by atoms with van der Waals surface area (Å²) in [6, 6.07) is 6.48. The average Bonchev–Trinajstić information content (AvgIpc) is 2.12. The molecule has 2 heteroatoms. The molecular formula is C12H19NO. The lowest BCUT2D eigenvalue weighted by Gasteiger charge is -2.08. The van der Waals surface area contributed by atoms with Crippen LogP contribution in [0.25, 0.3) is 0 Å². The van der Waals surface area contributed by atoms with Crippen LogP contribution in [0.5, 0.6) is 0 Å². The van der Waals surface area contributed by atoms with Gasteiger partial charge in [-0.3, -0.25) is 0 Å². The molecule has 1 aromatic carbocycles. The van der Waals surface area contributed by atoms with Crippen LogP contribution in [0.4, 0.5) is 0 Å². The van der Waals surface area contributed by atoms with Gasteiger partial charge in [0.15, 0.2) is 0 Å². The van der Waals surface area contributed by atoms with E-state index >= 15 is 0 Å². The molecule has 1 unspecified atom stereocenters. The van der Waals surface area contributed by atoms with E-state index < -0.39 is 0 Å². The third-order valence-electron chi connectivity index (χ3n) is 2.32. The van der Waals surface area contributed by atoms with Gasteiger partial charge in [-0.15, -0.1) is 0 Å². The molecule has 0 bridgehead atoms. The Bertz CT molecular complexity index is 276. The maximum Gasteiger partial charge on any atom is 0.0665 e. The molecule has 0 aliphatic heterocycles. The minimum atomic E-state index is -0.365. The SMILES string of the molecule is Cc1cc(C)cc(CCC(O)CN)c1. The van der Waals surface area contributed by atoms with Crippen LogP contribution in [-0.2, 0) is 6.42 Å². The summed E-state index contributed by atoms with van der Waals surface area (Å²) < 4.78 is 0. The van der Waals surface area contributed by atoms with Gasteiger partial charge in [0.2, 0.25) is 0 Å². The summed E-state index contributed by atoms with van der Waals surface area (Å²) >= 11 is 0. The Labute approximate surface area is 85.8 Å². The summed E-state index contributed by atoms with van der Waals surface area (Å²) in [6.45, 7) is 4.54. The standard InChI is InChI=1S/C12H19NO/c1-9-5-10(2)7-11(6-9)3-4-12(14)8-13/h5-7,12,14H,3-4,8,13H2,1-2H3. The molecule has 0 aliphatic carbocycles. The number of aryl methyl sites for hydroxylation is 3. The van der Waals surface area contributed by atoms with Crippen molar-refractivity contribution in [1.29, 1.82) is 0 Å². The van der Waals surface area contributed by atoms with Crippen LogP contribution in [0.3, 0.4) is 0 Å². The van der Waals surface area contributed by atoms with Crippen molar-refractivity contribution in [3.63, 3.8) is 0 Å². The van der Waals surface area contributed by atoms with E-state index in [2.05, 4.69) is 32.0 Å². The van der Waals surface area contributed by atoms with Crippen LogP contribution in [0.1, 0.15) is 23.1 Å². The Morgan fingerprint density at radius 3 is 2.29 bits per heavy atom. The maximum atomic E-state index is 9.33. The van der Waals surface area contributed by atoms with Crippen LogP contribution < -0.4 is 5.73 Å². The van der Waals surface area contributed by atoms with E-state index in [0.29, 0.717) is 6.54 Å². The van der Waals surface area contributed by atoms with Crippen molar-refractivity contribution in [2.75, 3.05) is 6.54 Å². The number of rotatable bonds is 4. The first-order valence-electron chi connectivity index (χ1n) is 5.07. The van der Waals surface area contributed by atoms with Crippen molar-refractivity contribution < 1.29 is 5.11 Å². The number of aliphatic hydroxyl groups is 1. The number of benzene rings is 1. The molecule has 1 aromatic rings. The number of hydrogen-bond acceptors (Lipinski definition) is 2. The molecule has 78 valence electrons. The molecule has 1 atom stereocenters. The number of aliphatic hydroxyl groups excluding tert-OH is 1. The zero-order chi connectivity index (χ0) is 10.6. The summed E-state index contributed by atoms with van der Waals surface area (Å²) in [5.41, 5.74) is 9.19. The van der Waals surface area contributed by atoms with Crippen molar-refractivity contribution in [3.05, 3.63) is 34.9 Å². The maximum absolute atomic E-state index is 9.33. The summed E-state index contributed by atoms with van der Waals surface area (Å²) in [6.07, 6.45) is 1.29. The van der Waals surface area contributed by atoms with E-state index in [0.717, 1.165) is 12.8 Å². The molecule has 0 saturated heterocycles. The minimum absolute atomic E-state index is 0.352. The van der Waals surface area contributed by atoms with Crippen molar-refractivity contribution in [2.45, 2.75) is 32.8 Å². The Kier molecular flexibility index (Phi) is 4.11. The van der Waals surface area contributed by atoms with Gasteiger partial charge in [0.1, 0.15) is 0 Å². The Morgan fingerprint density at radius 2 is 1.79 bits per heavy atom. The van der Waals surface area contributed by atoms with E-state index in [4.69, 9.17) is 5.73 Å². The van der Waals surface area contributed by atoms with Crippen molar-refractivity contribution in [3.8, 4) is 0 Å². The molecule has 3 N–H and O–H groups in total. The van der Waals surface area contributed by atoms with Gasteiger partial charge in [-0.1, -0.05) is 29.3 Å². The van der Waals surface area contributed by atoms with E-state index in [9.17, 15) is 5.11 Å². The predicted molar refractivity (Wildman–Crippen MR) is 59.3 cm³/mol. The monoisotopic (exact) mass is 193 g/mol. The fraction of sp³-hybridized carbons (Fsp3) is 0.500. The molecule has 14 heavy (non-hydrogen) atoms. The lowest BCUT2D eigenvalue weighted by molar-refractivity contribution is 0.173. The molecule has 2 nitrogen and oxygen atoms in total. The second kappa shape index (κ2) is 5.13. The average molecular weight is 193 g/mol. The second-order valence-electron chi connectivity index (χ2n) is 3.92. The highest BCUT2D eigenvalue weighted by Gasteiger charge is 2.02. The fourth-order valence-electron chi connectivity index (χ4n) is 1.66. The largest absolute Gasteiger partial charge is 0.392 e. The van der Waals surface area contributed by atoms with Gasteiger partial charge in [0.05, 0.1) is 6.10 Å². The highest BCUT2D eigenvalue weighted by molar-refractivity contribution is 5.28. The molecule has 0 heterocycles. The van der Waals surface area contributed by atoms with Gasteiger partial charge in [-0.2, -0.15) is 0 Å². The van der Waals surface area contributed by atoms with Gasteiger partial charge >= 0.3 is 0 Å². The zero-order valence-corrected chi connectivity index (χ0v) is 8.96. The van der Waals surface area contributed by atoms with Crippen LogP contribution in [0, 0.1) is 13.8 Å². The minimum Gasteiger partial charge on any atom is -0.392 e. The van der Waals surface area contributed by atoms with E-state index in [1.165, 1.54) is 16.7 Å². The number of nitrogens with two attached hydrogens (primary N) is 1. The normalized spacial score (nSPS) is 12.9. The molecule has 0 aliphatic rings. The molecular weight excluding hydrogens is 174 g/mol. The Balaban J connectivity index is 2.58. The lowest BCUT2D eigenvalue weighted by Crippen LogP contribution is -2.20. The summed E-state index contributed by atoms with van der Waals surface area (Å²) in [5.74, 6) is 0. The van der Waals surface area contributed by atoms with E-state index in [1.807, 2.05) is 0 Å². The van der Waals surface area contributed by atoms with E-state index in [1.54, 1.807) is 0 Å². The smallest absolute Gasteiger partial charge is 0.0665 e. The quantitative estimate of drug-likeness (QED) is 0.762. The van der Waals surface area contributed by atoms with Gasteiger partial charge < -0.3 is 10.8 Å². The predicted octanol–water partition coefficient (Wildman–Crippen LogP) is 1.56. The summed E-state index contributed by atoms with van der Waals surface area (Å²) in [5, 5.41) is 9.33. The highest BCUT2D eigenvalue weighted by Crippen LogP contribution is 2.11. The fourth-order valence-corrected chi connectivity index (χ4v) is 1.66. The first kappa shape index (κ1) is 11.2. The van der Waals surface area contributed by atoms with Gasteiger partial charge in [0.25, 0.3) is 0 Å². The lowest BCUT2D eigenvalue weighted by atomic mass is 10.0. The molecule has 0 aromatic heterocycles. The zero-order valence-electron chi connectivity index (χ0n) is 8.96. The third kappa shape index (κ3) is 3.48. The molecule has 1 rings (SSSR count). The Morgan fingerprint density at radius 1 is 1.21 bits per heavy atom.